The number of nitrogens with zero attached hydrogens (tertiary/aromatic N) is 7. The van der Waals surface area contributed by atoms with E-state index in [1.807, 2.05) is 208 Å². The molecule has 0 amide bonds. The first kappa shape index (κ1) is 122. The van der Waals surface area contributed by atoms with Crippen molar-refractivity contribution in [3.05, 3.63) is 386 Å². The number of benzene rings is 7. The van der Waals surface area contributed by atoms with Crippen molar-refractivity contribution in [2.75, 3.05) is 26.1 Å². The van der Waals surface area contributed by atoms with Crippen molar-refractivity contribution in [1.29, 1.82) is 0 Å². The van der Waals surface area contributed by atoms with E-state index in [4.69, 9.17) is 30.3 Å². The molecular formula is C104H105Ir6N7O11S-6. The molecule has 0 atom stereocenters. The molecule has 0 fully saturated rings. The van der Waals surface area contributed by atoms with Gasteiger partial charge >= 0.3 is 0 Å². The minimum atomic E-state index is -0.125. The van der Waals surface area contributed by atoms with E-state index in [-0.39, 0.29) is 184 Å². The average molecular weight is 2810 g/mol. The number of aromatic nitrogens is 6. The van der Waals surface area contributed by atoms with Crippen LogP contribution in [-0.2, 0) is 150 Å². The minimum absolute atomic E-state index is 0. The fourth-order valence-electron chi connectivity index (χ4n) is 10.2. The largest absolute Gasteiger partial charge is 0.512 e. The van der Waals surface area contributed by atoms with Gasteiger partial charge in [0.15, 0.2) is 28.9 Å². The summed E-state index contributed by atoms with van der Waals surface area (Å²) in [5, 5.41) is 47.3. The van der Waals surface area contributed by atoms with Gasteiger partial charge in [-0.25, -0.2) is 11.3 Å². The van der Waals surface area contributed by atoms with Gasteiger partial charge < -0.3 is 60.1 Å². The fraction of sp³-hybridized carbons (Fsp3) is 0.163. The third-order valence-electron chi connectivity index (χ3n) is 15.5. The van der Waals surface area contributed by atoms with Gasteiger partial charge in [0.2, 0.25) is 5.88 Å². The van der Waals surface area contributed by atoms with E-state index in [0.717, 1.165) is 72.2 Å². The Bertz CT molecular complexity index is 5370. The van der Waals surface area contributed by atoms with Crippen molar-refractivity contribution in [1.82, 2.24) is 29.9 Å². The monoisotopic (exact) mass is 2820 g/mol. The first-order valence-electron chi connectivity index (χ1n) is 38.6. The van der Waals surface area contributed by atoms with Gasteiger partial charge in [-0.05, 0) is 150 Å². The second-order valence-electron chi connectivity index (χ2n) is 27.8. The van der Waals surface area contributed by atoms with Crippen LogP contribution in [0.5, 0.6) is 5.88 Å². The van der Waals surface area contributed by atoms with E-state index < -0.39 is 0 Å². The van der Waals surface area contributed by atoms with Gasteiger partial charge in [0.1, 0.15) is 0 Å². The number of hydrogen-bond donors (Lipinski definition) is 5. The van der Waals surface area contributed by atoms with Gasteiger partial charge in [-0.2, -0.15) is 12.1 Å². The summed E-state index contributed by atoms with van der Waals surface area (Å²) >= 11 is 1.66. The maximum absolute atomic E-state index is 10.0. The summed E-state index contributed by atoms with van der Waals surface area (Å²) in [6.07, 6.45) is 14.9. The van der Waals surface area contributed by atoms with Gasteiger partial charge in [-0.3, -0.25) is 29.0 Å². The van der Waals surface area contributed by atoms with Crippen molar-refractivity contribution >= 4 is 67.6 Å². The van der Waals surface area contributed by atoms with Crippen molar-refractivity contribution in [2.45, 2.75) is 95.4 Å². The molecule has 688 valence electrons. The first-order chi connectivity index (χ1) is 58.7. The summed E-state index contributed by atoms with van der Waals surface area (Å²) in [5.41, 5.74) is 14.9. The molecule has 6 radical (unpaired) electrons. The van der Waals surface area contributed by atoms with E-state index in [0.29, 0.717) is 5.88 Å². The summed E-state index contributed by atoms with van der Waals surface area (Å²) < 4.78 is 5.05. The molecule has 129 heavy (non-hydrogen) atoms. The van der Waals surface area contributed by atoms with Crippen LogP contribution < -0.4 is 9.64 Å². The molecule has 0 unspecified atom stereocenters. The van der Waals surface area contributed by atoms with Gasteiger partial charge in [0.05, 0.1) is 35.9 Å². The van der Waals surface area contributed by atoms with E-state index in [1.165, 1.54) is 127 Å². The van der Waals surface area contributed by atoms with Crippen LogP contribution >= 0.6 is 11.3 Å². The number of hydrogen-bond acceptors (Lipinski definition) is 19. The second kappa shape index (κ2) is 69.2. The molecule has 0 saturated heterocycles. The summed E-state index contributed by atoms with van der Waals surface area (Å²) in [6, 6.07) is 101. The number of aliphatic hydroxyl groups is 5. The van der Waals surface area contributed by atoms with Crippen LogP contribution in [-0.4, -0.2) is 106 Å². The molecule has 14 aromatic rings. The van der Waals surface area contributed by atoms with E-state index >= 15 is 0 Å². The second-order valence-corrected chi connectivity index (χ2v) is 28.7. The first-order valence-corrected chi connectivity index (χ1v) is 39.5. The van der Waals surface area contributed by atoms with Crippen LogP contribution in [0.25, 0.3) is 88.4 Å². The normalized spacial score (nSPS) is 10.2. The number of fused-ring (bicyclic) bond motifs is 3. The third kappa shape index (κ3) is 53.1. The molecule has 7 aromatic heterocycles. The number of anilines is 1. The Balaban J connectivity index is -0.00000137. The van der Waals surface area contributed by atoms with Crippen LogP contribution in [0.15, 0.2) is 344 Å². The summed E-state index contributed by atoms with van der Waals surface area (Å²) in [6.45, 7) is 20.9. The molecule has 7 heterocycles. The molecule has 14 rings (SSSR count). The predicted octanol–water partition coefficient (Wildman–Crippen LogP) is 24.2. The van der Waals surface area contributed by atoms with Crippen LogP contribution in [0.3, 0.4) is 0 Å². The van der Waals surface area contributed by atoms with Gasteiger partial charge in [0.25, 0.3) is 0 Å². The topological polar surface area (TPSA) is 276 Å². The van der Waals surface area contributed by atoms with Crippen molar-refractivity contribution in [3.63, 3.8) is 0 Å². The number of pyridine rings is 6. The molecule has 0 saturated carbocycles. The summed E-state index contributed by atoms with van der Waals surface area (Å²) in [4.78, 5) is 79.1. The zero-order valence-corrected chi connectivity index (χ0v) is 89.4. The third-order valence-corrected chi connectivity index (χ3v) is 16.3. The number of carbonyl (C=O) groups is 5. The van der Waals surface area contributed by atoms with Crippen LogP contribution in [0.4, 0.5) is 5.69 Å². The molecule has 5 N–H and O–H groups in total. The maximum atomic E-state index is 10.0. The molecule has 0 aliphatic rings. The van der Waals surface area contributed by atoms with E-state index in [9.17, 15) is 24.0 Å². The van der Waals surface area contributed by atoms with Crippen LogP contribution in [0.1, 0.15) is 95.6 Å². The molecule has 7 aromatic carbocycles. The summed E-state index contributed by atoms with van der Waals surface area (Å²) in [5.74, 6) is 0.312. The van der Waals surface area contributed by atoms with Gasteiger partial charge in [-0.15, -0.1) is 177 Å². The average Bonchev–Trinajstić information content (AvgIpc) is 1.18. The minimum Gasteiger partial charge on any atom is -0.512 e. The Morgan fingerprint density at radius 1 is 0.364 bits per heavy atom. The van der Waals surface area contributed by atoms with Gasteiger partial charge in [0, 0.05) is 202 Å². The molecule has 0 aliphatic heterocycles. The van der Waals surface area contributed by atoms with E-state index in [2.05, 4.69) is 165 Å². The molecule has 0 spiro atoms. The van der Waals surface area contributed by atoms with Crippen LogP contribution in [0, 0.1) is 36.4 Å². The molecular weight excluding hydrogens is 2710 g/mol. The maximum Gasteiger partial charge on any atom is 0.203 e. The number of methoxy groups -OCH3 is 1. The fourth-order valence-corrected chi connectivity index (χ4v) is 10.9. The molecule has 0 aliphatic carbocycles. The smallest absolute Gasteiger partial charge is 0.203 e. The summed E-state index contributed by atoms with van der Waals surface area (Å²) in [7, 11) is 5.66. The Morgan fingerprint density at radius 3 is 1.18 bits per heavy atom. The molecule has 25 heteroatoms. The SMILES string of the molecule is CC(=O)C=C(C)O.CC(=O)C=C(C)O.CC(=O)C=C(C)O.CC(=O)C=C(C)O.CC(=O)C=C(C)O.CC(C)(C)c1c[c-]c(-c2ccccn2)cc1.CN(C)c1ccnc(-c2[c-]cccc2)c1.COc1cccc(-c2[c-]cccc2)n1.[Ir].[Ir].[Ir].[Ir].[Ir].[Ir].[c-]1cc(-c2ccccc2)ccc1-c1ccccn1.[c-]1cccc2ccc3cccnc3c12.[c-]1ccsc1-c1ccccn1. The van der Waals surface area contributed by atoms with Gasteiger partial charge in [-0.1, -0.05) is 140 Å². The number of carbonyl (C=O) groups excluding carboxylic acids is 5. The van der Waals surface area contributed by atoms with E-state index in [1.54, 1.807) is 37.0 Å². The quantitative estimate of drug-likeness (QED) is 0.0310. The van der Waals surface area contributed by atoms with Crippen molar-refractivity contribution in [2.24, 2.45) is 0 Å². The number of rotatable bonds is 13. The Hall–Kier alpha value is -10.8. The zero-order chi connectivity index (χ0) is 90.5. The standard InChI is InChI=1S/C17H12N.C15H16N.C13H13N2.C13H8N.C12H10NO.C9H6NS.5C5H8O2.6Ir/c1-2-6-14(7-3-1)15-9-11-16(12-10-15)17-8-4-5-13-18-17;1-15(2,3)13-9-7-12(8-10-13)14-6-4-5-11-16-14;1-15(2)12-8-9-14-13(10-12)11-6-4-3-5-7-11;1-2-6-12-10(4-1)7-8-11-5-3-9-14-13(11)12;1-14-12-9-5-8-11(13-12)10-6-3-2-4-7-10;1-2-6-10-8(4-1)9-5-3-7-11-9;5*1-4(6)3-5(2)7;;;;;;/h1-11,13H;4-7,9-11H,1-3H3;3-6,8-10H,1-2H3;1-5,7-9H;2-6,8-9H,1H3;1-4,6-7H;5*3,6H,1-2H3;;;;;;/q6*-1;;;;;;;;;;;. The zero-order valence-electron chi connectivity index (χ0n) is 74.2. The molecule has 18 nitrogen and oxygen atoms in total. The Morgan fingerprint density at radius 2 is 0.783 bits per heavy atom. The number of allylic oxidation sites excluding steroid dienone is 10. The predicted molar refractivity (Wildman–Crippen MR) is 499 cm³/mol. The van der Waals surface area contributed by atoms with Crippen molar-refractivity contribution < 1.29 is 175 Å². The number of aliphatic hydroxyl groups excluding tert-OH is 5. The number of thiophene rings is 1. The Labute approximate surface area is 844 Å². The molecule has 0 bridgehead atoms. The number of ketones is 5. The Kier molecular flexibility index (Phi) is 65.7. The van der Waals surface area contributed by atoms with Crippen LogP contribution in [0.2, 0.25) is 0 Å². The number of ether oxygens (including phenoxy) is 1. The van der Waals surface area contributed by atoms with Crippen molar-refractivity contribution in [3.8, 4) is 72.6 Å².